The van der Waals surface area contributed by atoms with E-state index >= 15 is 0 Å². The Labute approximate surface area is 157 Å². The number of carbonyl (C=O) groups excluding carboxylic acids is 2. The zero-order valence-electron chi connectivity index (χ0n) is 15.4. The van der Waals surface area contributed by atoms with Crippen LogP contribution >= 0.6 is 0 Å². The van der Waals surface area contributed by atoms with Crippen LogP contribution in [0.4, 0.5) is 5.69 Å². The first-order chi connectivity index (χ1) is 13.1. The van der Waals surface area contributed by atoms with Crippen molar-refractivity contribution in [2.24, 2.45) is 0 Å². The number of aryl methyl sites for hydroxylation is 1. The minimum atomic E-state index is -0.624. The fourth-order valence-corrected chi connectivity index (χ4v) is 2.93. The van der Waals surface area contributed by atoms with E-state index < -0.39 is 11.9 Å². The second-order valence-electron chi connectivity index (χ2n) is 5.93. The third-order valence-electron chi connectivity index (χ3n) is 4.29. The molecule has 0 atom stereocenters. The quantitative estimate of drug-likeness (QED) is 0.767. The maximum atomic E-state index is 12.3. The van der Waals surface area contributed by atoms with Crippen molar-refractivity contribution >= 4 is 17.6 Å². The normalized spacial score (nSPS) is 14.1. The van der Waals surface area contributed by atoms with Gasteiger partial charge < -0.3 is 19.1 Å². The molecule has 0 unspecified atom stereocenters. The van der Waals surface area contributed by atoms with Crippen LogP contribution in [0.25, 0.3) is 11.3 Å². The Kier molecular flexibility index (Phi) is 5.52. The number of hydrogen-bond donors (Lipinski definition) is 0. The van der Waals surface area contributed by atoms with Crippen LogP contribution in [0.15, 0.2) is 53.9 Å². The number of nitrogens with zero attached hydrogens (tertiary/aromatic N) is 2. The molecule has 0 N–H and O–H groups in total. The SMILES string of the molecule is COC(=O)C1=C(C(=O)OC)N(c2ccc(-c3ncccc3C)cc2)COC1. The maximum Gasteiger partial charge on any atom is 0.355 e. The van der Waals surface area contributed by atoms with Gasteiger partial charge in [0.1, 0.15) is 12.4 Å². The molecule has 0 radical (unpaired) electrons. The lowest BCUT2D eigenvalue weighted by atomic mass is 10.1. The van der Waals surface area contributed by atoms with Crippen molar-refractivity contribution in [3.63, 3.8) is 0 Å². The van der Waals surface area contributed by atoms with Crippen LogP contribution in [0, 0.1) is 6.92 Å². The first-order valence-corrected chi connectivity index (χ1v) is 8.34. The van der Waals surface area contributed by atoms with Crippen LogP contribution in [0.1, 0.15) is 5.56 Å². The van der Waals surface area contributed by atoms with Gasteiger partial charge in [-0.25, -0.2) is 9.59 Å². The monoisotopic (exact) mass is 368 g/mol. The van der Waals surface area contributed by atoms with E-state index in [1.165, 1.54) is 14.2 Å². The Hall–Kier alpha value is -3.19. The second-order valence-corrected chi connectivity index (χ2v) is 5.93. The van der Waals surface area contributed by atoms with Gasteiger partial charge in [0.25, 0.3) is 0 Å². The Bertz CT molecular complexity index is 890. The Morgan fingerprint density at radius 1 is 1.07 bits per heavy atom. The first kappa shape index (κ1) is 18.6. The third-order valence-corrected chi connectivity index (χ3v) is 4.29. The number of hydrogen-bond acceptors (Lipinski definition) is 7. The molecule has 0 bridgehead atoms. The molecule has 1 aliphatic heterocycles. The van der Waals surface area contributed by atoms with E-state index in [1.54, 1.807) is 11.1 Å². The van der Waals surface area contributed by atoms with Gasteiger partial charge in [0.15, 0.2) is 0 Å². The van der Waals surface area contributed by atoms with Gasteiger partial charge in [0.05, 0.1) is 32.1 Å². The van der Waals surface area contributed by atoms with E-state index in [9.17, 15) is 9.59 Å². The Morgan fingerprint density at radius 3 is 2.41 bits per heavy atom. The van der Waals surface area contributed by atoms with Gasteiger partial charge in [0.2, 0.25) is 0 Å². The fraction of sp³-hybridized carbons (Fsp3) is 0.250. The number of pyridine rings is 1. The highest BCUT2D eigenvalue weighted by atomic mass is 16.5. The number of rotatable bonds is 4. The van der Waals surface area contributed by atoms with Gasteiger partial charge in [-0.1, -0.05) is 18.2 Å². The Morgan fingerprint density at radius 2 is 1.78 bits per heavy atom. The zero-order chi connectivity index (χ0) is 19.4. The number of anilines is 1. The highest BCUT2D eigenvalue weighted by Gasteiger charge is 2.32. The summed E-state index contributed by atoms with van der Waals surface area (Å²) in [5.74, 6) is -1.25. The molecule has 2 heterocycles. The van der Waals surface area contributed by atoms with Gasteiger partial charge in [0, 0.05) is 17.4 Å². The van der Waals surface area contributed by atoms with E-state index in [4.69, 9.17) is 14.2 Å². The minimum Gasteiger partial charge on any atom is -0.466 e. The third kappa shape index (κ3) is 3.68. The maximum absolute atomic E-state index is 12.3. The molecule has 0 amide bonds. The molecule has 7 heteroatoms. The summed E-state index contributed by atoms with van der Waals surface area (Å²) in [7, 11) is 2.53. The molecular weight excluding hydrogens is 348 g/mol. The molecule has 0 saturated carbocycles. The van der Waals surface area contributed by atoms with Gasteiger partial charge >= 0.3 is 11.9 Å². The smallest absolute Gasteiger partial charge is 0.355 e. The van der Waals surface area contributed by atoms with Crippen molar-refractivity contribution in [1.82, 2.24) is 4.98 Å². The lowest BCUT2D eigenvalue weighted by Gasteiger charge is -2.31. The number of carbonyl (C=O) groups is 2. The molecule has 1 aromatic carbocycles. The number of aromatic nitrogens is 1. The predicted molar refractivity (Wildman–Crippen MR) is 98.8 cm³/mol. The average Bonchev–Trinajstić information content (AvgIpc) is 2.72. The molecule has 1 aliphatic rings. The largest absolute Gasteiger partial charge is 0.466 e. The number of esters is 2. The van der Waals surface area contributed by atoms with Crippen molar-refractivity contribution in [3.05, 3.63) is 59.4 Å². The van der Waals surface area contributed by atoms with Crippen molar-refractivity contribution in [1.29, 1.82) is 0 Å². The second kappa shape index (κ2) is 8.01. The highest BCUT2D eigenvalue weighted by molar-refractivity contribution is 6.03. The molecular formula is C20H20N2O5. The van der Waals surface area contributed by atoms with Crippen LogP contribution in [0.3, 0.4) is 0 Å². The van der Waals surface area contributed by atoms with E-state index in [-0.39, 0.29) is 24.6 Å². The molecule has 0 saturated heterocycles. The average molecular weight is 368 g/mol. The van der Waals surface area contributed by atoms with E-state index in [0.717, 1.165) is 16.8 Å². The van der Waals surface area contributed by atoms with Crippen LogP contribution in [0.2, 0.25) is 0 Å². The van der Waals surface area contributed by atoms with Gasteiger partial charge in [-0.05, 0) is 30.7 Å². The standard InChI is InChI=1S/C20H20N2O5/c1-13-5-4-10-21-17(13)14-6-8-15(9-7-14)22-12-27-11-16(19(23)25-2)18(22)20(24)26-3/h4-10H,11-12H2,1-3H3. The van der Waals surface area contributed by atoms with Crippen LogP contribution in [-0.4, -0.2) is 44.5 Å². The predicted octanol–water partition coefficient (Wildman–Crippen LogP) is 2.45. The summed E-state index contributed by atoms with van der Waals surface area (Å²) in [5.41, 5.74) is 3.84. The summed E-state index contributed by atoms with van der Waals surface area (Å²) in [4.78, 5) is 30.4. The van der Waals surface area contributed by atoms with Crippen LogP contribution in [-0.2, 0) is 23.8 Å². The van der Waals surface area contributed by atoms with E-state index in [2.05, 4.69) is 4.98 Å². The topological polar surface area (TPSA) is 78.0 Å². The molecule has 140 valence electrons. The first-order valence-electron chi connectivity index (χ1n) is 8.34. The zero-order valence-corrected chi connectivity index (χ0v) is 15.4. The summed E-state index contributed by atoms with van der Waals surface area (Å²) in [5, 5.41) is 0. The molecule has 0 aliphatic carbocycles. The fourth-order valence-electron chi connectivity index (χ4n) is 2.93. The van der Waals surface area contributed by atoms with Crippen molar-refractivity contribution in [2.45, 2.75) is 6.92 Å². The minimum absolute atomic E-state index is 0.0151. The summed E-state index contributed by atoms with van der Waals surface area (Å²) in [6.45, 7) is 2.10. The Balaban J connectivity index is 2.00. The number of methoxy groups -OCH3 is 2. The van der Waals surface area contributed by atoms with Gasteiger partial charge in [-0.2, -0.15) is 0 Å². The molecule has 27 heavy (non-hydrogen) atoms. The highest BCUT2D eigenvalue weighted by Crippen LogP contribution is 2.29. The summed E-state index contributed by atoms with van der Waals surface area (Å²) in [6, 6.07) is 11.4. The number of benzene rings is 1. The lowest BCUT2D eigenvalue weighted by molar-refractivity contribution is -0.140. The molecule has 2 aromatic rings. The summed E-state index contributed by atoms with van der Waals surface area (Å²) < 4.78 is 15.1. The van der Waals surface area contributed by atoms with Crippen molar-refractivity contribution in [3.8, 4) is 11.3 Å². The summed E-state index contributed by atoms with van der Waals surface area (Å²) in [6.07, 6.45) is 1.75. The lowest BCUT2D eigenvalue weighted by Crippen LogP contribution is -2.38. The molecule has 1 aromatic heterocycles. The van der Waals surface area contributed by atoms with Crippen molar-refractivity contribution < 1.29 is 23.8 Å². The van der Waals surface area contributed by atoms with Gasteiger partial charge in [-0.3, -0.25) is 4.98 Å². The van der Waals surface area contributed by atoms with Crippen molar-refractivity contribution in [2.75, 3.05) is 32.5 Å². The van der Waals surface area contributed by atoms with E-state index in [0.29, 0.717) is 5.69 Å². The van der Waals surface area contributed by atoms with Crippen LogP contribution < -0.4 is 4.90 Å². The summed E-state index contributed by atoms with van der Waals surface area (Å²) >= 11 is 0. The number of ether oxygens (including phenoxy) is 3. The van der Waals surface area contributed by atoms with Crippen LogP contribution in [0.5, 0.6) is 0 Å². The van der Waals surface area contributed by atoms with Gasteiger partial charge in [-0.15, -0.1) is 0 Å². The molecule has 0 fully saturated rings. The molecule has 3 rings (SSSR count). The molecule has 0 spiro atoms. The van der Waals surface area contributed by atoms with E-state index in [1.807, 2.05) is 43.3 Å². The molecule has 7 nitrogen and oxygen atoms in total.